The van der Waals surface area contributed by atoms with Gasteiger partial charge in [-0.15, -0.1) is 0 Å². The third-order valence-corrected chi connectivity index (χ3v) is 9.47. The minimum absolute atomic E-state index is 0.0268. The molecule has 3 aromatic carbocycles. The Balaban J connectivity index is 1.55. The summed E-state index contributed by atoms with van der Waals surface area (Å²) in [7, 11) is 0. The van der Waals surface area contributed by atoms with Crippen LogP contribution in [0.4, 0.5) is 5.69 Å². The molecule has 5 N–H and O–H groups in total. The van der Waals surface area contributed by atoms with Crippen molar-refractivity contribution in [1.29, 1.82) is 10.8 Å². The smallest absolute Gasteiger partial charge is 0.306 e. The number of rotatable bonds is 7. The maximum absolute atomic E-state index is 11.8. The SMILES string of the molecule is CC(=N)N1CCC(Oc2cc3c(nc(C(C)C)n3-c3ccc(C(=N)N)c4ccccc34)c(N3CCC(C(=O)O)CC3)c2C)CC1. The molecule has 0 saturated carbocycles. The van der Waals surface area contributed by atoms with Crippen LogP contribution >= 0.6 is 0 Å². The predicted octanol–water partition coefficient (Wildman–Crippen LogP) is 6.04. The van der Waals surface area contributed by atoms with Gasteiger partial charge in [-0.3, -0.25) is 20.2 Å². The number of aromatic nitrogens is 2. The number of hydrogen-bond acceptors (Lipinski definition) is 6. The van der Waals surface area contributed by atoms with Crippen molar-refractivity contribution in [1.82, 2.24) is 14.5 Å². The maximum atomic E-state index is 11.8. The fourth-order valence-electron chi connectivity index (χ4n) is 6.99. The summed E-state index contributed by atoms with van der Waals surface area (Å²) in [6.07, 6.45) is 2.86. The average Bonchev–Trinajstić information content (AvgIpc) is 3.40. The highest BCUT2D eigenvalue weighted by Crippen LogP contribution is 2.42. The van der Waals surface area contributed by atoms with Crippen molar-refractivity contribution < 1.29 is 14.6 Å². The van der Waals surface area contributed by atoms with Crippen molar-refractivity contribution in [2.24, 2.45) is 11.7 Å². The van der Waals surface area contributed by atoms with Crippen molar-refractivity contribution in [2.75, 3.05) is 31.1 Å². The molecule has 2 aliphatic rings. The number of likely N-dealkylation sites (tertiary alicyclic amines) is 1. The summed E-state index contributed by atoms with van der Waals surface area (Å²) in [5.74, 6) is 1.38. The zero-order chi connectivity index (χ0) is 32.0. The Bertz CT molecular complexity index is 1790. The molecule has 2 fully saturated rings. The number of carboxylic acid groups (broad SMARTS) is 1. The molecule has 3 heterocycles. The molecule has 45 heavy (non-hydrogen) atoms. The summed E-state index contributed by atoms with van der Waals surface area (Å²) < 4.78 is 9.04. The lowest BCUT2D eigenvalue weighted by atomic mass is 9.96. The van der Waals surface area contributed by atoms with Gasteiger partial charge in [-0.05, 0) is 44.2 Å². The van der Waals surface area contributed by atoms with Gasteiger partial charge in [-0.25, -0.2) is 4.98 Å². The van der Waals surface area contributed by atoms with Crippen LogP contribution in [-0.4, -0.2) is 69.5 Å². The third-order valence-electron chi connectivity index (χ3n) is 9.47. The zero-order valence-corrected chi connectivity index (χ0v) is 26.6. The van der Waals surface area contributed by atoms with Gasteiger partial charge in [-0.2, -0.15) is 0 Å². The first-order chi connectivity index (χ1) is 21.5. The van der Waals surface area contributed by atoms with Crippen molar-refractivity contribution >= 4 is 45.1 Å². The number of nitrogen functional groups attached to an aromatic ring is 1. The molecule has 6 rings (SSSR count). The lowest BCUT2D eigenvalue weighted by Crippen LogP contribution is -2.40. The van der Waals surface area contributed by atoms with Gasteiger partial charge >= 0.3 is 5.97 Å². The number of benzene rings is 3. The third kappa shape index (κ3) is 5.58. The van der Waals surface area contributed by atoms with Gasteiger partial charge in [0.05, 0.1) is 28.6 Å². The first kappa shape index (κ1) is 30.4. The van der Waals surface area contributed by atoms with Crippen LogP contribution in [0.3, 0.4) is 0 Å². The van der Waals surface area contributed by atoms with Gasteiger partial charge in [0.15, 0.2) is 0 Å². The van der Waals surface area contributed by atoms with Crippen LogP contribution in [0.5, 0.6) is 5.75 Å². The molecule has 0 aliphatic carbocycles. The number of anilines is 1. The summed E-state index contributed by atoms with van der Waals surface area (Å²) in [5.41, 5.74) is 11.5. The number of carboxylic acids is 1. The topological polar surface area (TPSA) is 145 Å². The van der Waals surface area contributed by atoms with Crippen LogP contribution in [0.15, 0.2) is 42.5 Å². The molecule has 2 saturated heterocycles. The molecule has 0 spiro atoms. The minimum atomic E-state index is -0.729. The number of nitrogens with one attached hydrogen (secondary N) is 2. The van der Waals surface area contributed by atoms with Gasteiger partial charge < -0.3 is 25.4 Å². The Labute approximate surface area is 263 Å². The monoisotopic (exact) mass is 609 g/mol. The Morgan fingerprint density at radius 2 is 1.69 bits per heavy atom. The first-order valence-electron chi connectivity index (χ1n) is 15.9. The minimum Gasteiger partial charge on any atom is -0.490 e. The quantitative estimate of drug-likeness (QED) is 0.148. The molecule has 0 amide bonds. The van der Waals surface area contributed by atoms with E-state index in [9.17, 15) is 9.90 Å². The lowest BCUT2D eigenvalue weighted by molar-refractivity contribution is -0.142. The van der Waals surface area contributed by atoms with E-state index in [0.29, 0.717) is 37.3 Å². The summed E-state index contributed by atoms with van der Waals surface area (Å²) in [4.78, 5) is 21.5. The van der Waals surface area contributed by atoms with Crippen LogP contribution in [-0.2, 0) is 4.79 Å². The Hall–Kier alpha value is -4.60. The second-order valence-electron chi connectivity index (χ2n) is 12.8. The molecule has 1 aromatic heterocycles. The number of carbonyl (C=O) groups is 1. The Morgan fingerprint density at radius 3 is 2.29 bits per heavy atom. The van der Waals surface area contributed by atoms with Gasteiger partial charge in [0.2, 0.25) is 0 Å². The van der Waals surface area contributed by atoms with Crippen molar-refractivity contribution in [3.63, 3.8) is 0 Å². The molecule has 0 radical (unpaired) electrons. The van der Waals surface area contributed by atoms with Gasteiger partial charge in [0.1, 0.15) is 29.0 Å². The normalized spacial score (nSPS) is 16.6. The number of imidazole rings is 1. The first-order valence-corrected chi connectivity index (χ1v) is 15.9. The van der Waals surface area contributed by atoms with Crippen molar-refractivity contribution in [3.8, 4) is 11.4 Å². The largest absolute Gasteiger partial charge is 0.490 e. The highest BCUT2D eigenvalue weighted by atomic mass is 16.5. The summed E-state index contributed by atoms with van der Waals surface area (Å²) in [5, 5.41) is 27.8. The van der Waals surface area contributed by atoms with Crippen molar-refractivity contribution in [3.05, 3.63) is 59.4 Å². The molecule has 0 bridgehead atoms. The predicted molar refractivity (Wildman–Crippen MR) is 180 cm³/mol. The number of nitrogens with zero attached hydrogens (tertiary/aromatic N) is 4. The van der Waals surface area contributed by atoms with E-state index in [1.54, 1.807) is 0 Å². The second-order valence-corrected chi connectivity index (χ2v) is 12.8. The molecule has 0 unspecified atom stereocenters. The van der Waals surface area contributed by atoms with Crippen LogP contribution in [0.2, 0.25) is 0 Å². The number of amidine groups is 2. The highest BCUT2D eigenvalue weighted by molar-refractivity contribution is 6.10. The van der Waals surface area contributed by atoms with Gasteiger partial charge in [0.25, 0.3) is 0 Å². The van der Waals surface area contributed by atoms with Crippen LogP contribution in [0.25, 0.3) is 27.5 Å². The molecular weight excluding hydrogens is 566 g/mol. The molecule has 2 aliphatic heterocycles. The number of piperidine rings is 2. The molecular formula is C35H43N7O3. The lowest BCUT2D eigenvalue weighted by Gasteiger charge is -2.35. The summed E-state index contributed by atoms with van der Waals surface area (Å²) >= 11 is 0. The molecule has 0 atom stereocenters. The Morgan fingerprint density at radius 1 is 1.02 bits per heavy atom. The van der Waals surface area contributed by atoms with E-state index in [4.69, 9.17) is 26.3 Å². The van der Waals surface area contributed by atoms with Gasteiger partial charge in [-0.1, -0.05) is 38.1 Å². The molecule has 236 valence electrons. The number of fused-ring (bicyclic) bond motifs is 2. The standard InChI is InChI=1S/C35H43N7O3/c1-20(2)34-39-31-29(42(34)28-10-9-27(33(37)38)25-7-5-6-8-26(25)28)19-30(45-24-13-17-40(18-14-24)22(4)36)21(3)32(31)41-15-11-23(12-16-41)35(43)44/h5-10,19-20,23-24,36H,11-18H2,1-4H3,(H3,37,38)(H,43,44). The highest BCUT2D eigenvalue weighted by Gasteiger charge is 2.31. The second kappa shape index (κ2) is 12.1. The fraction of sp³-hybridized carbons (Fsp3) is 0.429. The number of nitrogens with two attached hydrogens (primary N) is 1. The van der Waals surface area contributed by atoms with E-state index >= 15 is 0 Å². The maximum Gasteiger partial charge on any atom is 0.306 e. The van der Waals surface area contributed by atoms with E-state index in [1.807, 2.05) is 37.3 Å². The fourth-order valence-corrected chi connectivity index (χ4v) is 6.99. The number of hydrogen-bond donors (Lipinski definition) is 4. The van der Waals surface area contributed by atoms with E-state index in [-0.39, 0.29) is 23.8 Å². The van der Waals surface area contributed by atoms with E-state index in [1.165, 1.54) is 0 Å². The van der Waals surface area contributed by atoms with Crippen LogP contribution in [0, 0.1) is 23.7 Å². The summed E-state index contributed by atoms with van der Waals surface area (Å²) in [6, 6.07) is 14.1. The molecule has 4 aromatic rings. The van der Waals surface area contributed by atoms with E-state index < -0.39 is 5.97 Å². The Kier molecular flexibility index (Phi) is 8.16. The number of aliphatic carboxylic acids is 1. The van der Waals surface area contributed by atoms with E-state index in [0.717, 1.165) is 76.2 Å². The van der Waals surface area contributed by atoms with Crippen LogP contribution in [0.1, 0.15) is 69.3 Å². The molecule has 10 nitrogen and oxygen atoms in total. The average molecular weight is 610 g/mol. The van der Waals surface area contributed by atoms with Crippen LogP contribution < -0.4 is 15.4 Å². The van der Waals surface area contributed by atoms with E-state index in [2.05, 4.69) is 47.3 Å². The summed E-state index contributed by atoms with van der Waals surface area (Å²) in [6.45, 7) is 11.1. The van der Waals surface area contributed by atoms with Crippen molar-refractivity contribution in [2.45, 2.75) is 65.4 Å². The zero-order valence-electron chi connectivity index (χ0n) is 26.6. The number of ether oxygens (including phenoxy) is 1. The molecule has 10 heteroatoms. The van der Waals surface area contributed by atoms with Gasteiger partial charge in [0, 0.05) is 67.5 Å².